The number of hydroxylamine groups is 1. The fraction of sp³-hybridized carbons (Fsp3) is 0.375. The van der Waals surface area contributed by atoms with E-state index in [0.717, 1.165) is 5.56 Å². The molecule has 0 bridgehead atoms. The highest BCUT2D eigenvalue weighted by atomic mass is 35.5. The number of rotatable bonds is 4. The summed E-state index contributed by atoms with van der Waals surface area (Å²) in [6.07, 6.45) is 0. The van der Waals surface area contributed by atoms with Gasteiger partial charge in [0.05, 0.1) is 18.2 Å². The highest BCUT2D eigenvalue weighted by Gasteiger charge is 2.14. The predicted molar refractivity (Wildman–Crippen MR) is 54.6 cm³/mol. The van der Waals surface area contributed by atoms with E-state index in [1.807, 2.05) is 6.92 Å². The summed E-state index contributed by atoms with van der Waals surface area (Å²) in [7, 11) is 0. The Morgan fingerprint density at radius 1 is 1.79 bits per heavy atom. The molecule has 6 heteroatoms. The normalized spacial score (nSPS) is 10.2. The molecule has 0 aliphatic heterocycles. The zero-order valence-corrected chi connectivity index (χ0v) is 9.11. The number of halogens is 1. The average molecular weight is 236 g/mol. The van der Waals surface area contributed by atoms with Crippen LogP contribution in [0.4, 0.5) is 0 Å². The van der Waals surface area contributed by atoms with Gasteiger partial charge in [-0.25, -0.2) is 5.48 Å². The molecule has 0 saturated heterocycles. The van der Waals surface area contributed by atoms with Gasteiger partial charge >= 0.3 is 0 Å². The summed E-state index contributed by atoms with van der Waals surface area (Å²) in [6, 6.07) is 0. The van der Waals surface area contributed by atoms with Crippen molar-refractivity contribution in [2.45, 2.75) is 6.92 Å². The van der Waals surface area contributed by atoms with Gasteiger partial charge in [-0.1, -0.05) is 11.6 Å². The summed E-state index contributed by atoms with van der Waals surface area (Å²) in [4.78, 5) is 16.4. The SMILES string of the molecule is Cc1csc(C(=O)NOCCO)c1Cl. The Labute approximate surface area is 90.4 Å². The number of aliphatic hydroxyl groups excluding tert-OH is 1. The van der Waals surface area contributed by atoms with E-state index < -0.39 is 0 Å². The summed E-state index contributed by atoms with van der Waals surface area (Å²) in [6.45, 7) is 1.75. The average Bonchev–Trinajstić information content (AvgIpc) is 2.48. The van der Waals surface area contributed by atoms with Crippen LogP contribution in [-0.2, 0) is 4.84 Å². The smallest absolute Gasteiger partial charge is 0.286 e. The van der Waals surface area contributed by atoms with Gasteiger partial charge in [0.1, 0.15) is 4.88 Å². The Bertz CT molecular complexity index is 326. The molecule has 1 amide bonds. The molecule has 1 heterocycles. The van der Waals surface area contributed by atoms with Crippen molar-refractivity contribution in [2.75, 3.05) is 13.2 Å². The molecule has 1 aromatic heterocycles. The largest absolute Gasteiger partial charge is 0.394 e. The summed E-state index contributed by atoms with van der Waals surface area (Å²) in [5.74, 6) is -0.387. The van der Waals surface area contributed by atoms with E-state index in [9.17, 15) is 4.79 Å². The maximum atomic E-state index is 11.4. The van der Waals surface area contributed by atoms with Gasteiger partial charge in [-0.15, -0.1) is 11.3 Å². The number of amides is 1. The van der Waals surface area contributed by atoms with Crippen LogP contribution in [0.3, 0.4) is 0 Å². The summed E-state index contributed by atoms with van der Waals surface area (Å²) < 4.78 is 0. The van der Waals surface area contributed by atoms with Crippen molar-refractivity contribution in [2.24, 2.45) is 0 Å². The molecule has 78 valence electrons. The zero-order chi connectivity index (χ0) is 10.6. The maximum Gasteiger partial charge on any atom is 0.286 e. The number of hydrogen-bond acceptors (Lipinski definition) is 4. The Morgan fingerprint density at radius 2 is 2.50 bits per heavy atom. The first-order valence-electron chi connectivity index (χ1n) is 3.93. The summed E-state index contributed by atoms with van der Waals surface area (Å²) in [5.41, 5.74) is 3.05. The van der Waals surface area contributed by atoms with Crippen molar-refractivity contribution in [3.8, 4) is 0 Å². The standard InChI is InChI=1S/C8H10ClNO3S/c1-5-4-14-7(6(5)9)8(12)10-13-3-2-11/h4,11H,2-3H2,1H3,(H,10,12). The molecule has 0 atom stereocenters. The van der Waals surface area contributed by atoms with Crippen LogP contribution < -0.4 is 5.48 Å². The zero-order valence-electron chi connectivity index (χ0n) is 7.54. The van der Waals surface area contributed by atoms with Gasteiger partial charge in [0.25, 0.3) is 5.91 Å². The fourth-order valence-electron chi connectivity index (χ4n) is 0.792. The van der Waals surface area contributed by atoms with E-state index in [4.69, 9.17) is 16.7 Å². The number of thiophene rings is 1. The first-order valence-corrected chi connectivity index (χ1v) is 5.19. The Hall–Kier alpha value is -0.620. The first-order chi connectivity index (χ1) is 6.66. The molecule has 0 fully saturated rings. The third-order valence-electron chi connectivity index (χ3n) is 1.46. The highest BCUT2D eigenvalue weighted by molar-refractivity contribution is 7.13. The second kappa shape index (κ2) is 5.31. The Morgan fingerprint density at radius 3 is 3.00 bits per heavy atom. The summed E-state index contributed by atoms with van der Waals surface area (Å²) in [5, 5.41) is 10.6. The third kappa shape index (κ3) is 2.68. The van der Waals surface area contributed by atoms with Gasteiger partial charge in [-0.2, -0.15) is 0 Å². The minimum absolute atomic E-state index is 0.0632. The highest BCUT2D eigenvalue weighted by Crippen LogP contribution is 2.26. The van der Waals surface area contributed by atoms with E-state index in [1.165, 1.54) is 11.3 Å². The molecule has 14 heavy (non-hydrogen) atoms. The van der Waals surface area contributed by atoms with Gasteiger partial charge in [-0.3, -0.25) is 9.63 Å². The predicted octanol–water partition coefficient (Wildman–Crippen LogP) is 1.36. The number of nitrogens with one attached hydrogen (secondary N) is 1. The van der Waals surface area contributed by atoms with Crippen LogP contribution in [0.2, 0.25) is 5.02 Å². The lowest BCUT2D eigenvalue weighted by Gasteiger charge is -2.02. The fourth-order valence-corrected chi connectivity index (χ4v) is 1.96. The quantitative estimate of drug-likeness (QED) is 0.612. The van der Waals surface area contributed by atoms with E-state index in [-0.39, 0.29) is 19.1 Å². The van der Waals surface area contributed by atoms with Crippen molar-refractivity contribution < 1.29 is 14.7 Å². The van der Waals surface area contributed by atoms with Gasteiger partial charge < -0.3 is 5.11 Å². The van der Waals surface area contributed by atoms with Crippen molar-refractivity contribution in [3.63, 3.8) is 0 Å². The second-order valence-electron chi connectivity index (χ2n) is 2.57. The molecular weight excluding hydrogens is 226 g/mol. The minimum Gasteiger partial charge on any atom is -0.394 e. The lowest BCUT2D eigenvalue weighted by Crippen LogP contribution is -2.24. The van der Waals surface area contributed by atoms with Gasteiger partial charge in [0.2, 0.25) is 0 Å². The molecule has 0 spiro atoms. The van der Waals surface area contributed by atoms with Crippen LogP contribution in [0.5, 0.6) is 0 Å². The number of aliphatic hydroxyl groups is 1. The molecule has 2 N–H and O–H groups in total. The van der Waals surface area contributed by atoms with Crippen molar-refractivity contribution in [3.05, 3.63) is 20.8 Å². The monoisotopic (exact) mass is 235 g/mol. The van der Waals surface area contributed by atoms with E-state index in [0.29, 0.717) is 9.90 Å². The maximum absolute atomic E-state index is 11.4. The van der Waals surface area contributed by atoms with Crippen LogP contribution in [0, 0.1) is 6.92 Å². The van der Waals surface area contributed by atoms with E-state index in [2.05, 4.69) is 10.3 Å². The number of hydrogen-bond donors (Lipinski definition) is 2. The van der Waals surface area contributed by atoms with E-state index >= 15 is 0 Å². The molecule has 0 aromatic carbocycles. The van der Waals surface area contributed by atoms with Gasteiger partial charge in [-0.05, 0) is 17.9 Å². The Kier molecular flexibility index (Phi) is 4.34. The molecule has 0 saturated carbocycles. The molecule has 0 aliphatic rings. The lowest BCUT2D eigenvalue weighted by molar-refractivity contribution is 0.0171. The number of aryl methyl sites for hydroxylation is 1. The lowest BCUT2D eigenvalue weighted by atomic mass is 10.3. The van der Waals surface area contributed by atoms with Crippen LogP contribution in [0.1, 0.15) is 15.2 Å². The minimum atomic E-state index is -0.387. The van der Waals surface area contributed by atoms with E-state index in [1.54, 1.807) is 5.38 Å². The van der Waals surface area contributed by atoms with Crippen molar-refractivity contribution in [1.82, 2.24) is 5.48 Å². The van der Waals surface area contributed by atoms with Gasteiger partial charge in [0, 0.05) is 0 Å². The van der Waals surface area contributed by atoms with Crippen molar-refractivity contribution >= 4 is 28.8 Å². The first kappa shape index (κ1) is 11.5. The molecule has 1 rings (SSSR count). The number of carbonyl (C=O) groups excluding carboxylic acids is 1. The molecule has 0 radical (unpaired) electrons. The van der Waals surface area contributed by atoms with Crippen LogP contribution >= 0.6 is 22.9 Å². The number of carbonyl (C=O) groups is 1. The van der Waals surface area contributed by atoms with Crippen LogP contribution in [-0.4, -0.2) is 24.2 Å². The molecule has 1 aromatic rings. The third-order valence-corrected chi connectivity index (χ3v) is 3.16. The summed E-state index contributed by atoms with van der Waals surface area (Å²) >= 11 is 7.12. The van der Waals surface area contributed by atoms with Crippen LogP contribution in [0.15, 0.2) is 5.38 Å². The Balaban J connectivity index is 2.56. The molecule has 4 nitrogen and oxygen atoms in total. The van der Waals surface area contributed by atoms with Gasteiger partial charge in [0.15, 0.2) is 0 Å². The molecule has 0 aliphatic carbocycles. The molecule has 0 unspecified atom stereocenters. The van der Waals surface area contributed by atoms with Crippen molar-refractivity contribution in [1.29, 1.82) is 0 Å². The molecular formula is C8H10ClNO3S. The second-order valence-corrected chi connectivity index (χ2v) is 3.82. The van der Waals surface area contributed by atoms with Crippen LogP contribution in [0.25, 0.3) is 0 Å². The topological polar surface area (TPSA) is 58.6 Å².